The van der Waals surface area contributed by atoms with E-state index in [9.17, 15) is 9.18 Å². The van der Waals surface area contributed by atoms with E-state index in [-0.39, 0.29) is 23.5 Å². The number of ether oxygens (including phenoxy) is 1. The molecule has 1 aromatic carbocycles. The van der Waals surface area contributed by atoms with Crippen LogP contribution in [0, 0.1) is 5.82 Å². The number of imidazole rings is 1. The lowest BCUT2D eigenvalue weighted by atomic mass is 9.96. The smallest absolute Gasteiger partial charge is 0.260 e. The van der Waals surface area contributed by atoms with Gasteiger partial charge in [-0.25, -0.2) is 9.37 Å². The van der Waals surface area contributed by atoms with E-state index in [4.69, 9.17) is 16.3 Å². The Morgan fingerprint density at radius 2 is 2.19 bits per heavy atom. The third-order valence-corrected chi connectivity index (χ3v) is 5.71. The summed E-state index contributed by atoms with van der Waals surface area (Å²) >= 11 is 5.96. The van der Waals surface area contributed by atoms with Crippen molar-refractivity contribution in [3.05, 3.63) is 46.8 Å². The molecule has 2 aromatic rings. The zero-order valence-corrected chi connectivity index (χ0v) is 15.9. The van der Waals surface area contributed by atoms with E-state index in [2.05, 4.69) is 9.55 Å². The fourth-order valence-electron chi connectivity index (χ4n) is 4.02. The maximum Gasteiger partial charge on any atom is 0.260 e. The molecular weight excluding hydrogens is 369 g/mol. The highest BCUT2D eigenvalue weighted by atomic mass is 35.5. The summed E-state index contributed by atoms with van der Waals surface area (Å²) in [6.45, 7) is 2.32. The van der Waals surface area contributed by atoms with Gasteiger partial charge in [0.1, 0.15) is 17.4 Å². The molecule has 1 aromatic heterocycles. The lowest BCUT2D eigenvalue weighted by Crippen LogP contribution is -2.42. The lowest BCUT2D eigenvalue weighted by Gasteiger charge is -2.33. The van der Waals surface area contributed by atoms with Crippen LogP contribution >= 0.6 is 11.6 Å². The molecule has 1 fully saturated rings. The van der Waals surface area contributed by atoms with E-state index in [0.717, 1.165) is 38.2 Å². The van der Waals surface area contributed by atoms with Crippen LogP contribution in [0.15, 0.2) is 24.4 Å². The van der Waals surface area contributed by atoms with Crippen LogP contribution in [0.1, 0.15) is 43.1 Å². The summed E-state index contributed by atoms with van der Waals surface area (Å²) in [4.78, 5) is 19.1. The van der Waals surface area contributed by atoms with Gasteiger partial charge in [-0.05, 0) is 50.3 Å². The second-order valence-electron chi connectivity index (χ2n) is 7.26. The fraction of sp³-hybridized carbons (Fsp3) is 0.500. The van der Waals surface area contributed by atoms with E-state index in [0.29, 0.717) is 12.3 Å². The van der Waals surface area contributed by atoms with Crippen molar-refractivity contribution < 1.29 is 13.9 Å². The number of hydrogen-bond acceptors (Lipinski definition) is 3. The second-order valence-corrected chi connectivity index (χ2v) is 7.67. The predicted octanol–water partition coefficient (Wildman–Crippen LogP) is 3.80. The van der Waals surface area contributed by atoms with Crippen LogP contribution in [0.3, 0.4) is 0 Å². The topological polar surface area (TPSA) is 47.4 Å². The van der Waals surface area contributed by atoms with E-state index in [1.807, 2.05) is 11.1 Å². The average molecular weight is 392 g/mol. The van der Waals surface area contributed by atoms with Crippen molar-refractivity contribution in [1.82, 2.24) is 14.5 Å². The minimum absolute atomic E-state index is 0.0782. The molecule has 0 bridgehead atoms. The molecule has 7 heteroatoms. The maximum absolute atomic E-state index is 13.1. The highest BCUT2D eigenvalue weighted by molar-refractivity contribution is 6.32. The van der Waals surface area contributed by atoms with Crippen LogP contribution < -0.4 is 4.74 Å². The molecule has 0 aliphatic carbocycles. The van der Waals surface area contributed by atoms with Gasteiger partial charge >= 0.3 is 0 Å². The van der Waals surface area contributed by atoms with Crippen molar-refractivity contribution in [2.24, 2.45) is 0 Å². The van der Waals surface area contributed by atoms with Crippen molar-refractivity contribution in [3.63, 3.8) is 0 Å². The Balaban J connectivity index is 1.39. The quantitative estimate of drug-likeness (QED) is 0.796. The van der Waals surface area contributed by atoms with Gasteiger partial charge in [-0.2, -0.15) is 0 Å². The van der Waals surface area contributed by atoms with Gasteiger partial charge in [-0.1, -0.05) is 11.6 Å². The van der Waals surface area contributed by atoms with E-state index < -0.39 is 5.82 Å². The number of rotatable bonds is 4. The van der Waals surface area contributed by atoms with Crippen molar-refractivity contribution in [2.45, 2.75) is 44.6 Å². The number of piperidine rings is 1. The summed E-state index contributed by atoms with van der Waals surface area (Å²) in [6.07, 6.45) is 7.51. The molecule has 5 nitrogen and oxygen atoms in total. The van der Waals surface area contributed by atoms with Crippen molar-refractivity contribution in [3.8, 4) is 5.75 Å². The summed E-state index contributed by atoms with van der Waals surface area (Å²) in [5, 5.41) is 0.170. The maximum atomic E-state index is 13.1. The Hall–Kier alpha value is -2.08. The molecule has 0 saturated carbocycles. The lowest BCUT2D eigenvalue weighted by molar-refractivity contribution is -0.134. The first-order valence-corrected chi connectivity index (χ1v) is 9.89. The van der Waals surface area contributed by atoms with Gasteiger partial charge in [0.2, 0.25) is 0 Å². The van der Waals surface area contributed by atoms with Crippen LogP contribution in [-0.4, -0.2) is 40.1 Å². The predicted molar refractivity (Wildman–Crippen MR) is 101 cm³/mol. The number of aromatic nitrogens is 2. The number of hydrogen-bond donors (Lipinski definition) is 0. The zero-order valence-electron chi connectivity index (χ0n) is 15.2. The van der Waals surface area contributed by atoms with Gasteiger partial charge in [-0.15, -0.1) is 0 Å². The van der Waals surface area contributed by atoms with E-state index in [1.165, 1.54) is 36.7 Å². The van der Waals surface area contributed by atoms with Crippen LogP contribution in [0.5, 0.6) is 5.75 Å². The summed E-state index contributed by atoms with van der Waals surface area (Å²) in [7, 11) is 0. The van der Waals surface area contributed by atoms with Crippen LogP contribution in [0.2, 0.25) is 5.02 Å². The Kier molecular flexibility index (Phi) is 5.34. The Morgan fingerprint density at radius 1 is 1.30 bits per heavy atom. The molecule has 3 heterocycles. The van der Waals surface area contributed by atoms with E-state index >= 15 is 0 Å². The van der Waals surface area contributed by atoms with Gasteiger partial charge in [0, 0.05) is 37.4 Å². The van der Waals surface area contributed by atoms with Crippen LogP contribution in [0.4, 0.5) is 4.39 Å². The molecule has 27 heavy (non-hydrogen) atoms. The number of fused-ring (bicyclic) bond motifs is 1. The molecule has 4 rings (SSSR count). The second kappa shape index (κ2) is 7.89. The van der Waals surface area contributed by atoms with Crippen molar-refractivity contribution in [1.29, 1.82) is 0 Å². The van der Waals surface area contributed by atoms with Gasteiger partial charge < -0.3 is 14.2 Å². The number of nitrogens with zero attached hydrogens (tertiary/aromatic N) is 3. The normalized spacial score (nSPS) is 19.6. The molecule has 144 valence electrons. The molecule has 2 aliphatic rings. The molecule has 0 spiro atoms. The minimum atomic E-state index is -0.430. The average Bonchev–Trinajstić information content (AvgIpc) is 3.11. The number of carbonyl (C=O) groups is 1. The monoisotopic (exact) mass is 391 g/mol. The third kappa shape index (κ3) is 3.95. The standard InChI is InChI=1S/C20H23ClFN3O2/c21-17-10-15(22)6-7-18(17)27-13-19(26)24-8-3-4-14(12-24)20-23-11-16-5-1-2-9-25(16)20/h6-7,10-11,14H,1-5,8-9,12-13H2/t14-/m1/s1. The molecule has 1 amide bonds. The Bertz CT molecular complexity index is 839. The van der Waals surface area contributed by atoms with Crippen molar-refractivity contribution in [2.75, 3.05) is 19.7 Å². The summed E-state index contributed by atoms with van der Waals surface area (Å²) < 4.78 is 21.0. The van der Waals surface area contributed by atoms with Crippen LogP contribution in [0.25, 0.3) is 0 Å². The molecule has 0 radical (unpaired) electrons. The summed E-state index contributed by atoms with van der Waals surface area (Å²) in [6, 6.07) is 3.89. The van der Waals surface area contributed by atoms with Crippen LogP contribution in [-0.2, 0) is 17.8 Å². The third-order valence-electron chi connectivity index (χ3n) is 5.42. The minimum Gasteiger partial charge on any atom is -0.482 e. The van der Waals surface area contributed by atoms with Crippen molar-refractivity contribution >= 4 is 17.5 Å². The van der Waals surface area contributed by atoms with Gasteiger partial charge in [0.05, 0.1) is 5.02 Å². The largest absolute Gasteiger partial charge is 0.482 e. The van der Waals surface area contributed by atoms with Gasteiger partial charge in [0.15, 0.2) is 6.61 Å². The first-order valence-electron chi connectivity index (χ1n) is 9.52. The molecule has 1 atom stereocenters. The van der Waals surface area contributed by atoms with Gasteiger partial charge in [-0.3, -0.25) is 4.79 Å². The number of halogens is 2. The van der Waals surface area contributed by atoms with E-state index in [1.54, 1.807) is 0 Å². The zero-order chi connectivity index (χ0) is 18.8. The Labute approximate surface area is 163 Å². The highest BCUT2D eigenvalue weighted by Gasteiger charge is 2.29. The number of aryl methyl sites for hydroxylation is 1. The molecule has 0 unspecified atom stereocenters. The number of carbonyl (C=O) groups excluding carboxylic acids is 1. The first-order chi connectivity index (χ1) is 13.1. The highest BCUT2D eigenvalue weighted by Crippen LogP contribution is 2.29. The molecule has 1 saturated heterocycles. The molecular formula is C20H23ClFN3O2. The number of likely N-dealkylation sites (tertiary alicyclic amines) is 1. The Morgan fingerprint density at radius 3 is 3.04 bits per heavy atom. The number of amides is 1. The fourth-order valence-corrected chi connectivity index (χ4v) is 4.25. The SMILES string of the molecule is O=C(COc1ccc(F)cc1Cl)N1CCC[C@@H](c2ncc3n2CCCC3)C1. The summed E-state index contributed by atoms with van der Waals surface area (Å²) in [5.41, 5.74) is 1.31. The van der Waals surface area contributed by atoms with Gasteiger partial charge in [0.25, 0.3) is 5.91 Å². The number of benzene rings is 1. The first kappa shape index (κ1) is 18.3. The molecule has 2 aliphatic heterocycles. The summed E-state index contributed by atoms with van der Waals surface area (Å²) in [5.74, 6) is 1.20. The molecule has 0 N–H and O–H groups in total.